The van der Waals surface area contributed by atoms with E-state index in [1.165, 1.54) is 6.92 Å². The number of alkyl halides is 2. The SMILES string of the molecule is CC(=O)c1nc(N2C3CC4CC2CC(C3)O4)n2nc(CCC(C)(F)F)cc2n1. The number of hydrogen-bond donors (Lipinski definition) is 0. The number of ether oxygens (including phenoxy) is 1. The van der Waals surface area contributed by atoms with Crippen LogP contribution in [0.25, 0.3) is 5.65 Å². The summed E-state index contributed by atoms with van der Waals surface area (Å²) in [6.45, 7) is 2.34. The molecule has 0 aliphatic carbocycles. The number of carbonyl (C=O) groups excluding carboxylic acids is 1. The molecule has 0 spiro atoms. The Bertz CT molecular complexity index is 910. The average Bonchev–Trinajstić information content (AvgIpc) is 3.01. The maximum absolute atomic E-state index is 13.3. The highest BCUT2D eigenvalue weighted by Crippen LogP contribution is 2.44. The highest BCUT2D eigenvalue weighted by molar-refractivity contribution is 5.91. The summed E-state index contributed by atoms with van der Waals surface area (Å²) in [5.41, 5.74) is 1.01. The molecule has 9 heteroatoms. The van der Waals surface area contributed by atoms with Gasteiger partial charge in [-0.2, -0.15) is 14.6 Å². The minimum atomic E-state index is -2.75. The van der Waals surface area contributed by atoms with Crippen LogP contribution in [-0.4, -0.2) is 55.6 Å². The predicted molar refractivity (Wildman–Crippen MR) is 96.9 cm³/mol. The van der Waals surface area contributed by atoms with Gasteiger partial charge in [-0.05, 0) is 39.0 Å². The smallest absolute Gasteiger partial charge is 0.245 e. The highest BCUT2D eigenvalue weighted by atomic mass is 19.3. The minimum absolute atomic E-state index is 0.139. The van der Waals surface area contributed by atoms with E-state index in [0.29, 0.717) is 41.6 Å². The number of piperidine rings is 2. The Hall–Kier alpha value is -2.16. The number of anilines is 1. The summed E-state index contributed by atoms with van der Waals surface area (Å²) >= 11 is 0. The number of ketones is 1. The number of nitrogens with zero attached hydrogens (tertiary/aromatic N) is 5. The average molecular weight is 391 g/mol. The van der Waals surface area contributed by atoms with Gasteiger partial charge in [0.15, 0.2) is 11.4 Å². The quantitative estimate of drug-likeness (QED) is 0.730. The van der Waals surface area contributed by atoms with E-state index in [0.717, 1.165) is 32.6 Å². The lowest BCUT2D eigenvalue weighted by atomic mass is 9.78. The lowest BCUT2D eigenvalue weighted by Crippen LogP contribution is -2.63. The van der Waals surface area contributed by atoms with Gasteiger partial charge in [0.2, 0.25) is 17.7 Å². The van der Waals surface area contributed by atoms with E-state index >= 15 is 0 Å². The van der Waals surface area contributed by atoms with Crippen molar-refractivity contribution >= 4 is 17.4 Å². The number of hydrogen-bond acceptors (Lipinski definition) is 6. The maximum atomic E-state index is 13.3. The summed E-state index contributed by atoms with van der Waals surface area (Å²) in [4.78, 5) is 23.1. The first-order valence-corrected chi connectivity index (χ1v) is 9.86. The summed E-state index contributed by atoms with van der Waals surface area (Å²) in [5, 5.41) is 4.52. The van der Waals surface area contributed by atoms with Crippen LogP contribution in [0.1, 0.15) is 62.3 Å². The van der Waals surface area contributed by atoms with Crippen LogP contribution < -0.4 is 4.90 Å². The van der Waals surface area contributed by atoms with E-state index in [-0.39, 0.29) is 24.4 Å². The topological polar surface area (TPSA) is 72.6 Å². The summed E-state index contributed by atoms with van der Waals surface area (Å²) in [5.74, 6) is -2.24. The molecule has 0 aromatic carbocycles. The number of aromatic nitrogens is 4. The van der Waals surface area contributed by atoms with Crippen LogP contribution in [0.3, 0.4) is 0 Å². The molecule has 4 saturated heterocycles. The molecule has 4 aliphatic rings. The van der Waals surface area contributed by atoms with Gasteiger partial charge in [0.05, 0.1) is 17.9 Å². The molecule has 0 radical (unpaired) electrons. The zero-order chi connectivity index (χ0) is 19.6. The van der Waals surface area contributed by atoms with Crippen molar-refractivity contribution in [3.8, 4) is 0 Å². The fourth-order valence-electron chi connectivity index (χ4n) is 4.89. The highest BCUT2D eigenvalue weighted by Gasteiger charge is 2.49. The predicted octanol–water partition coefficient (Wildman–Crippen LogP) is 2.81. The summed E-state index contributed by atoms with van der Waals surface area (Å²) in [6.07, 6.45) is 4.19. The van der Waals surface area contributed by atoms with Gasteiger partial charge in [-0.3, -0.25) is 4.79 Å². The third kappa shape index (κ3) is 3.05. The molecule has 0 N–H and O–H groups in total. The van der Waals surface area contributed by atoms with Crippen molar-refractivity contribution in [2.75, 3.05) is 4.90 Å². The van der Waals surface area contributed by atoms with Crippen LogP contribution in [0, 0.1) is 0 Å². The standard InChI is InChI=1S/C19H23F2N5O2/c1-10(27)17-22-16-5-11(3-4-19(2,20)21)24-26(16)18(23-17)25-12-6-14-8-13(25)9-15(7-12)28-14/h5,12-15H,3-4,6-9H2,1-2H3. The van der Waals surface area contributed by atoms with Crippen LogP contribution in [-0.2, 0) is 11.2 Å². The second kappa shape index (κ2) is 6.17. The zero-order valence-corrected chi connectivity index (χ0v) is 15.9. The number of rotatable bonds is 5. The first-order chi connectivity index (χ1) is 13.3. The van der Waals surface area contributed by atoms with Crippen LogP contribution >= 0.6 is 0 Å². The van der Waals surface area contributed by atoms with E-state index in [1.54, 1.807) is 10.6 Å². The number of aryl methyl sites for hydroxylation is 1. The molecule has 4 fully saturated rings. The third-order valence-corrected chi connectivity index (χ3v) is 6.03. The summed E-state index contributed by atoms with van der Waals surface area (Å²) < 4.78 is 34.2. The van der Waals surface area contributed by atoms with E-state index in [1.807, 2.05) is 0 Å². The molecule has 2 aromatic rings. The van der Waals surface area contributed by atoms with Crippen LogP contribution in [0.15, 0.2) is 6.07 Å². The molecule has 0 unspecified atom stereocenters. The van der Waals surface area contributed by atoms with Crippen molar-refractivity contribution < 1.29 is 18.3 Å². The van der Waals surface area contributed by atoms with Crippen molar-refractivity contribution in [2.45, 2.75) is 82.6 Å². The number of Topliss-reactive ketones (excluding diaryl/α,β-unsaturated/α-hetero) is 1. The molecule has 0 saturated carbocycles. The lowest BCUT2D eigenvalue weighted by Gasteiger charge is -2.56. The molecule has 2 aromatic heterocycles. The zero-order valence-electron chi connectivity index (χ0n) is 15.9. The van der Waals surface area contributed by atoms with Crippen LogP contribution in [0.2, 0.25) is 0 Å². The van der Waals surface area contributed by atoms with E-state index < -0.39 is 5.92 Å². The normalized spacial score (nSPS) is 29.1. The number of carbonyl (C=O) groups is 1. The van der Waals surface area contributed by atoms with E-state index in [2.05, 4.69) is 20.0 Å². The number of fused-ring (bicyclic) bond motifs is 1. The molecular formula is C19H23F2N5O2. The van der Waals surface area contributed by atoms with Gasteiger partial charge in [-0.1, -0.05) is 0 Å². The Labute approximate surface area is 161 Å². The molecule has 150 valence electrons. The number of halogens is 2. The van der Waals surface area contributed by atoms with Gasteiger partial charge in [0.1, 0.15) is 0 Å². The largest absolute Gasteiger partial charge is 0.375 e. The van der Waals surface area contributed by atoms with E-state index in [4.69, 9.17) is 4.74 Å². The van der Waals surface area contributed by atoms with Gasteiger partial charge in [-0.15, -0.1) is 0 Å². The fourth-order valence-corrected chi connectivity index (χ4v) is 4.89. The van der Waals surface area contributed by atoms with Crippen LogP contribution in [0.5, 0.6) is 0 Å². The molecular weight excluding hydrogens is 368 g/mol. The summed E-state index contributed by atoms with van der Waals surface area (Å²) in [7, 11) is 0. The molecule has 6 heterocycles. The monoisotopic (exact) mass is 391 g/mol. The Kier molecular flexibility index (Phi) is 3.94. The fraction of sp³-hybridized carbons (Fsp3) is 0.684. The maximum Gasteiger partial charge on any atom is 0.245 e. The Morgan fingerprint density at radius 1 is 1.21 bits per heavy atom. The second-order valence-corrected chi connectivity index (χ2v) is 8.42. The molecule has 0 atom stereocenters. The van der Waals surface area contributed by atoms with Gasteiger partial charge in [0.25, 0.3) is 0 Å². The van der Waals surface area contributed by atoms with E-state index in [9.17, 15) is 13.6 Å². The van der Waals surface area contributed by atoms with Crippen molar-refractivity contribution in [1.29, 1.82) is 0 Å². The second-order valence-electron chi connectivity index (χ2n) is 8.42. The van der Waals surface area contributed by atoms with Gasteiger partial charge in [0, 0.05) is 31.5 Å². The molecule has 4 aliphatic heterocycles. The molecule has 7 nitrogen and oxygen atoms in total. The van der Waals surface area contributed by atoms with Gasteiger partial charge >= 0.3 is 0 Å². The molecule has 4 bridgehead atoms. The van der Waals surface area contributed by atoms with Crippen molar-refractivity contribution in [3.05, 3.63) is 17.6 Å². The first kappa shape index (κ1) is 17.9. The van der Waals surface area contributed by atoms with Gasteiger partial charge in [-0.25, -0.2) is 13.8 Å². The van der Waals surface area contributed by atoms with Crippen molar-refractivity contribution in [1.82, 2.24) is 19.6 Å². The Morgan fingerprint density at radius 2 is 1.86 bits per heavy atom. The molecule has 6 rings (SSSR count). The third-order valence-electron chi connectivity index (χ3n) is 6.03. The van der Waals surface area contributed by atoms with Crippen molar-refractivity contribution in [2.24, 2.45) is 0 Å². The molecule has 28 heavy (non-hydrogen) atoms. The van der Waals surface area contributed by atoms with Crippen LogP contribution in [0.4, 0.5) is 14.7 Å². The Balaban J connectivity index is 1.57. The molecule has 0 amide bonds. The first-order valence-electron chi connectivity index (χ1n) is 9.86. The summed E-state index contributed by atoms with van der Waals surface area (Å²) in [6, 6.07) is 2.27. The Morgan fingerprint density at radius 3 is 2.43 bits per heavy atom. The lowest BCUT2D eigenvalue weighted by molar-refractivity contribution is -0.121. The van der Waals surface area contributed by atoms with Gasteiger partial charge < -0.3 is 9.64 Å². The minimum Gasteiger partial charge on any atom is -0.375 e. The van der Waals surface area contributed by atoms with Crippen molar-refractivity contribution in [3.63, 3.8) is 0 Å².